The Balaban J connectivity index is 1.83. The number of pyridine rings is 1. The van der Waals surface area contributed by atoms with E-state index in [1.54, 1.807) is 25.7 Å². The minimum Gasteiger partial charge on any atom is -0.477 e. The van der Waals surface area contributed by atoms with Gasteiger partial charge in [0.25, 0.3) is 0 Å². The number of aromatic carboxylic acids is 1. The van der Waals surface area contributed by atoms with Crippen LogP contribution in [-0.2, 0) is 4.74 Å². The summed E-state index contributed by atoms with van der Waals surface area (Å²) in [6, 6.07) is 3.04. The highest BCUT2D eigenvalue weighted by molar-refractivity contribution is 6.38. The van der Waals surface area contributed by atoms with Gasteiger partial charge in [-0.3, -0.25) is 4.79 Å². The molecule has 12 heteroatoms. The van der Waals surface area contributed by atoms with Crippen LogP contribution in [-0.4, -0.2) is 46.5 Å². The average Bonchev–Trinajstić information content (AvgIpc) is 3.20. The molecule has 1 saturated heterocycles. The molecule has 1 unspecified atom stereocenters. The molecule has 8 nitrogen and oxygen atoms in total. The lowest BCUT2D eigenvalue weighted by atomic mass is 10.1. The van der Waals surface area contributed by atoms with Gasteiger partial charge in [-0.25, -0.2) is 22.8 Å². The van der Waals surface area contributed by atoms with E-state index < -0.39 is 57.5 Å². The lowest BCUT2D eigenvalue weighted by Gasteiger charge is -2.24. The van der Waals surface area contributed by atoms with Gasteiger partial charge >= 0.3 is 12.1 Å². The van der Waals surface area contributed by atoms with Crippen LogP contribution in [0.4, 0.5) is 23.7 Å². The number of aromatic nitrogens is 1. The number of benzene rings is 2. The van der Waals surface area contributed by atoms with E-state index in [9.17, 15) is 28.3 Å². The highest BCUT2D eigenvalue weighted by Crippen LogP contribution is 2.38. The molecule has 2 aromatic carbocycles. The number of amides is 1. The molecule has 1 aliphatic rings. The zero-order chi connectivity index (χ0) is 27.2. The first-order chi connectivity index (χ1) is 17.3. The Morgan fingerprint density at radius 2 is 1.86 bits per heavy atom. The number of carbonyl (C=O) groups is 2. The maximum absolute atomic E-state index is 15.4. The molecule has 1 aliphatic heterocycles. The van der Waals surface area contributed by atoms with Crippen molar-refractivity contribution >= 4 is 40.3 Å². The zero-order valence-electron chi connectivity index (χ0n) is 20.1. The fourth-order valence-electron chi connectivity index (χ4n) is 4.27. The third kappa shape index (κ3) is 5.22. The number of fused-ring (bicyclic) bond motifs is 1. The Morgan fingerprint density at radius 3 is 2.49 bits per heavy atom. The van der Waals surface area contributed by atoms with Crippen LogP contribution in [0.3, 0.4) is 0 Å². The highest BCUT2D eigenvalue weighted by Gasteiger charge is 2.31. The summed E-state index contributed by atoms with van der Waals surface area (Å²) in [5, 5.41) is 11.6. The summed E-state index contributed by atoms with van der Waals surface area (Å²) in [7, 11) is 0. The van der Waals surface area contributed by atoms with Crippen molar-refractivity contribution in [3.63, 3.8) is 0 Å². The van der Waals surface area contributed by atoms with Crippen molar-refractivity contribution in [3.05, 3.63) is 68.7 Å². The molecule has 1 atom stereocenters. The standard InChI is InChI=1S/C25H23ClF3N3O5/c1-25(2,3)37-24(36)30-13-6-7-31(10-13)21-17(29)9-14-20(19(21)26)32(11-15(22(14)33)23(34)35)18-5-4-12(27)8-16(18)28/h4-5,8-9,11,13H,6-7,10H2,1-3H3,(H,30,36)(H,34,35). The molecule has 0 radical (unpaired) electrons. The summed E-state index contributed by atoms with van der Waals surface area (Å²) >= 11 is 6.61. The second kappa shape index (κ2) is 9.62. The number of carboxylic acid groups (broad SMARTS) is 1. The summed E-state index contributed by atoms with van der Waals surface area (Å²) in [6.45, 7) is 5.60. The van der Waals surface area contributed by atoms with Crippen LogP contribution in [0.1, 0.15) is 37.6 Å². The minimum absolute atomic E-state index is 0.110. The van der Waals surface area contributed by atoms with Gasteiger partial charge in [0.05, 0.1) is 33.3 Å². The first-order valence-electron chi connectivity index (χ1n) is 11.3. The number of nitrogens with one attached hydrogen (secondary N) is 1. The van der Waals surface area contributed by atoms with Crippen LogP contribution in [0, 0.1) is 17.5 Å². The molecule has 0 aliphatic carbocycles. The van der Waals surface area contributed by atoms with E-state index in [0.717, 1.165) is 29.0 Å². The van der Waals surface area contributed by atoms with Crippen LogP contribution in [0.2, 0.25) is 5.02 Å². The van der Waals surface area contributed by atoms with E-state index in [2.05, 4.69) is 5.32 Å². The predicted molar refractivity (Wildman–Crippen MR) is 131 cm³/mol. The van der Waals surface area contributed by atoms with Gasteiger partial charge in [0.2, 0.25) is 5.43 Å². The second-order valence-corrected chi connectivity index (χ2v) is 10.0. The van der Waals surface area contributed by atoms with Crippen molar-refractivity contribution in [2.75, 3.05) is 18.0 Å². The van der Waals surface area contributed by atoms with E-state index in [4.69, 9.17) is 16.3 Å². The van der Waals surface area contributed by atoms with Crippen molar-refractivity contribution in [3.8, 4) is 5.69 Å². The molecule has 37 heavy (non-hydrogen) atoms. The summed E-state index contributed by atoms with van der Waals surface area (Å²) in [4.78, 5) is 38.3. The number of carbonyl (C=O) groups excluding carboxylic acids is 1. The van der Waals surface area contributed by atoms with E-state index in [0.29, 0.717) is 12.5 Å². The van der Waals surface area contributed by atoms with Crippen molar-refractivity contribution in [1.29, 1.82) is 0 Å². The maximum Gasteiger partial charge on any atom is 0.407 e. The normalized spacial score (nSPS) is 15.8. The number of rotatable bonds is 4. The fourth-order valence-corrected chi connectivity index (χ4v) is 4.67. The Hall–Kier alpha value is -3.73. The van der Waals surface area contributed by atoms with Gasteiger partial charge in [-0.05, 0) is 45.4 Å². The fraction of sp³-hybridized carbons (Fsp3) is 0.320. The number of hydrogen-bond donors (Lipinski definition) is 2. The number of anilines is 1. The third-order valence-corrected chi connectivity index (χ3v) is 6.14. The zero-order valence-corrected chi connectivity index (χ0v) is 20.8. The molecule has 1 fully saturated rings. The van der Waals surface area contributed by atoms with Crippen LogP contribution < -0.4 is 15.6 Å². The van der Waals surface area contributed by atoms with Gasteiger partial charge in [-0.15, -0.1) is 0 Å². The molecular weight excluding hydrogens is 515 g/mol. The quantitative estimate of drug-likeness (QED) is 0.493. The van der Waals surface area contributed by atoms with E-state index in [1.165, 1.54) is 0 Å². The first kappa shape index (κ1) is 26.3. The van der Waals surface area contributed by atoms with E-state index >= 15 is 4.39 Å². The lowest BCUT2D eigenvalue weighted by molar-refractivity contribution is 0.0508. The molecule has 2 heterocycles. The summed E-state index contributed by atoms with van der Waals surface area (Å²) in [5.41, 5.74) is -3.02. The van der Waals surface area contributed by atoms with Crippen LogP contribution in [0.5, 0.6) is 0 Å². The predicted octanol–water partition coefficient (Wildman–Crippen LogP) is 4.86. The minimum atomic E-state index is -1.61. The smallest absolute Gasteiger partial charge is 0.407 e. The third-order valence-electron chi connectivity index (χ3n) is 5.78. The lowest BCUT2D eigenvalue weighted by Crippen LogP contribution is -2.40. The molecule has 0 saturated carbocycles. The monoisotopic (exact) mass is 537 g/mol. The average molecular weight is 538 g/mol. The molecule has 1 amide bonds. The summed E-state index contributed by atoms with van der Waals surface area (Å²) in [6.07, 6.45) is 0.671. The number of halogens is 4. The van der Waals surface area contributed by atoms with Gasteiger partial charge in [0, 0.05) is 25.4 Å². The van der Waals surface area contributed by atoms with Gasteiger partial charge in [-0.2, -0.15) is 0 Å². The van der Waals surface area contributed by atoms with Crippen LogP contribution in [0.15, 0.2) is 35.3 Å². The summed E-state index contributed by atoms with van der Waals surface area (Å²) in [5.74, 6) is -4.44. The van der Waals surface area contributed by atoms with Gasteiger partial charge in [0.1, 0.15) is 28.6 Å². The largest absolute Gasteiger partial charge is 0.477 e. The number of ether oxygens (including phenoxy) is 1. The molecule has 1 aromatic heterocycles. The number of nitrogens with zero attached hydrogens (tertiary/aromatic N) is 2. The topological polar surface area (TPSA) is 101 Å². The van der Waals surface area contributed by atoms with E-state index in [1.807, 2.05) is 0 Å². The van der Waals surface area contributed by atoms with Gasteiger partial charge in [0.15, 0.2) is 0 Å². The van der Waals surface area contributed by atoms with Gasteiger partial charge < -0.3 is 24.6 Å². The first-order valence-corrected chi connectivity index (χ1v) is 11.6. The van der Waals surface area contributed by atoms with E-state index in [-0.39, 0.29) is 35.0 Å². The van der Waals surface area contributed by atoms with Crippen LogP contribution in [0.25, 0.3) is 16.6 Å². The highest BCUT2D eigenvalue weighted by atomic mass is 35.5. The van der Waals surface area contributed by atoms with Crippen molar-refractivity contribution < 1.29 is 32.6 Å². The molecule has 2 N–H and O–H groups in total. The Morgan fingerprint density at radius 1 is 1.16 bits per heavy atom. The number of alkyl carbamates (subject to hydrolysis) is 1. The number of hydrogen-bond acceptors (Lipinski definition) is 5. The Labute approximate surface area is 214 Å². The second-order valence-electron chi connectivity index (χ2n) is 9.64. The van der Waals surface area contributed by atoms with Crippen molar-refractivity contribution in [2.24, 2.45) is 0 Å². The summed E-state index contributed by atoms with van der Waals surface area (Å²) < 4.78 is 49.9. The van der Waals surface area contributed by atoms with Crippen molar-refractivity contribution in [1.82, 2.24) is 9.88 Å². The van der Waals surface area contributed by atoms with Crippen molar-refractivity contribution in [2.45, 2.75) is 38.8 Å². The number of carboxylic acids is 1. The van der Waals surface area contributed by atoms with Gasteiger partial charge in [-0.1, -0.05) is 11.6 Å². The molecule has 3 aromatic rings. The molecule has 0 spiro atoms. The molecule has 196 valence electrons. The molecule has 4 rings (SSSR count). The maximum atomic E-state index is 15.4. The Bertz CT molecular complexity index is 1490. The molecular formula is C25H23ClF3N3O5. The Kier molecular flexibility index (Phi) is 6.85. The molecule has 0 bridgehead atoms. The van der Waals surface area contributed by atoms with Crippen LogP contribution >= 0.6 is 11.6 Å². The SMILES string of the molecule is CC(C)(C)OC(=O)NC1CCN(c2c(F)cc3c(=O)c(C(=O)O)cn(-c4ccc(F)cc4F)c3c2Cl)C1.